The summed E-state index contributed by atoms with van der Waals surface area (Å²) >= 11 is 0. The quantitative estimate of drug-likeness (QED) is 0.817. The number of aryl methyl sites for hydroxylation is 2. The van der Waals surface area contributed by atoms with Crippen LogP contribution in [0.4, 0.5) is 5.69 Å². The van der Waals surface area contributed by atoms with Crippen LogP contribution in [-0.4, -0.2) is 38.4 Å². The van der Waals surface area contributed by atoms with Gasteiger partial charge in [-0.15, -0.1) is 0 Å². The molecular formula is C12H16N6O2. The average molecular weight is 276 g/mol. The molecule has 2 heterocycles. The summed E-state index contributed by atoms with van der Waals surface area (Å²) in [6.45, 7) is 1.93. The number of carbonyl (C=O) groups is 2. The maximum Gasteiger partial charge on any atom is 0.273 e. The van der Waals surface area contributed by atoms with Gasteiger partial charge in [0.2, 0.25) is 5.91 Å². The van der Waals surface area contributed by atoms with Crippen LogP contribution in [0.5, 0.6) is 0 Å². The summed E-state index contributed by atoms with van der Waals surface area (Å²) in [5.74, 6) is -0.623. The van der Waals surface area contributed by atoms with Crippen molar-refractivity contribution in [1.29, 1.82) is 0 Å². The van der Waals surface area contributed by atoms with Crippen LogP contribution in [-0.2, 0) is 18.4 Å². The third-order valence-corrected chi connectivity index (χ3v) is 2.62. The van der Waals surface area contributed by atoms with Gasteiger partial charge in [0, 0.05) is 26.5 Å². The Morgan fingerprint density at radius 3 is 2.70 bits per heavy atom. The molecule has 0 bridgehead atoms. The lowest BCUT2D eigenvalue weighted by Gasteiger charge is -2.04. The Labute approximate surface area is 115 Å². The molecule has 0 atom stereocenters. The minimum Gasteiger partial charge on any atom is -0.354 e. The SMILES string of the molecule is CNC(=O)c1nn(C)cc1NC(=O)Cn1ccc(C)n1. The van der Waals surface area contributed by atoms with Crippen molar-refractivity contribution in [3.63, 3.8) is 0 Å². The standard InChI is InChI=1S/C12H16N6O2/c1-8-4-5-18(15-8)7-10(19)14-9-6-17(3)16-11(9)12(20)13-2/h4-6H,7H2,1-3H3,(H,13,20)(H,14,19). The zero-order valence-corrected chi connectivity index (χ0v) is 11.5. The van der Waals surface area contributed by atoms with Gasteiger partial charge >= 0.3 is 0 Å². The highest BCUT2D eigenvalue weighted by Gasteiger charge is 2.16. The molecule has 0 spiro atoms. The van der Waals surface area contributed by atoms with E-state index in [9.17, 15) is 9.59 Å². The van der Waals surface area contributed by atoms with Gasteiger partial charge in [-0.1, -0.05) is 0 Å². The van der Waals surface area contributed by atoms with Crippen molar-refractivity contribution >= 4 is 17.5 Å². The van der Waals surface area contributed by atoms with Crippen LogP contribution < -0.4 is 10.6 Å². The van der Waals surface area contributed by atoms with Crippen molar-refractivity contribution in [2.45, 2.75) is 13.5 Å². The zero-order chi connectivity index (χ0) is 14.7. The van der Waals surface area contributed by atoms with Crippen molar-refractivity contribution < 1.29 is 9.59 Å². The molecule has 0 aliphatic carbocycles. The first-order chi connectivity index (χ1) is 9.49. The lowest BCUT2D eigenvalue weighted by Crippen LogP contribution is -2.23. The van der Waals surface area contributed by atoms with Crippen LogP contribution in [0, 0.1) is 6.92 Å². The maximum absolute atomic E-state index is 11.9. The van der Waals surface area contributed by atoms with Crippen molar-refractivity contribution in [3.8, 4) is 0 Å². The van der Waals surface area contributed by atoms with Crippen LogP contribution in [0.15, 0.2) is 18.5 Å². The molecule has 8 nitrogen and oxygen atoms in total. The fraction of sp³-hybridized carbons (Fsp3) is 0.333. The molecule has 2 aromatic rings. The van der Waals surface area contributed by atoms with Crippen molar-refractivity contribution in [1.82, 2.24) is 24.9 Å². The number of aromatic nitrogens is 4. The average Bonchev–Trinajstić information content (AvgIpc) is 2.94. The van der Waals surface area contributed by atoms with Gasteiger partial charge in [-0.2, -0.15) is 10.2 Å². The second-order valence-corrected chi connectivity index (χ2v) is 4.35. The maximum atomic E-state index is 11.9. The summed E-state index contributed by atoms with van der Waals surface area (Å²) in [4.78, 5) is 23.6. The third kappa shape index (κ3) is 3.02. The largest absolute Gasteiger partial charge is 0.354 e. The van der Waals surface area contributed by atoms with Crippen LogP contribution in [0.3, 0.4) is 0 Å². The summed E-state index contributed by atoms with van der Waals surface area (Å²) < 4.78 is 3.00. The van der Waals surface area contributed by atoms with Gasteiger partial charge in [-0.25, -0.2) is 0 Å². The number of rotatable bonds is 4. The van der Waals surface area contributed by atoms with Crippen molar-refractivity contribution in [2.24, 2.45) is 7.05 Å². The highest BCUT2D eigenvalue weighted by Crippen LogP contribution is 2.13. The molecule has 20 heavy (non-hydrogen) atoms. The summed E-state index contributed by atoms with van der Waals surface area (Å²) in [6.07, 6.45) is 3.30. The van der Waals surface area contributed by atoms with Gasteiger partial charge in [0.15, 0.2) is 5.69 Å². The first kappa shape index (κ1) is 13.8. The van der Waals surface area contributed by atoms with E-state index in [4.69, 9.17) is 0 Å². The predicted molar refractivity (Wildman–Crippen MR) is 72.2 cm³/mol. The second-order valence-electron chi connectivity index (χ2n) is 4.35. The van der Waals surface area contributed by atoms with Crippen LogP contribution in [0.1, 0.15) is 16.2 Å². The van der Waals surface area contributed by atoms with Gasteiger partial charge in [-0.3, -0.25) is 19.0 Å². The number of anilines is 1. The Balaban J connectivity index is 2.09. The third-order valence-electron chi connectivity index (χ3n) is 2.62. The normalized spacial score (nSPS) is 10.3. The first-order valence-electron chi connectivity index (χ1n) is 6.05. The molecular weight excluding hydrogens is 260 g/mol. The van der Waals surface area contributed by atoms with Gasteiger partial charge in [-0.05, 0) is 13.0 Å². The molecule has 0 aliphatic heterocycles. The zero-order valence-electron chi connectivity index (χ0n) is 11.5. The highest BCUT2D eigenvalue weighted by atomic mass is 16.2. The van der Waals surface area contributed by atoms with E-state index in [2.05, 4.69) is 20.8 Å². The van der Waals surface area contributed by atoms with E-state index in [0.29, 0.717) is 5.69 Å². The number of carbonyl (C=O) groups excluding carboxylic acids is 2. The number of nitrogens with one attached hydrogen (secondary N) is 2. The summed E-state index contributed by atoms with van der Waals surface area (Å²) in [5.41, 5.74) is 1.39. The van der Waals surface area contributed by atoms with E-state index in [1.54, 1.807) is 19.4 Å². The van der Waals surface area contributed by atoms with Crippen molar-refractivity contribution in [2.75, 3.05) is 12.4 Å². The Morgan fingerprint density at radius 2 is 2.10 bits per heavy atom. The van der Waals surface area contributed by atoms with E-state index < -0.39 is 0 Å². The first-order valence-corrected chi connectivity index (χ1v) is 6.05. The minimum atomic E-state index is -0.351. The van der Waals surface area contributed by atoms with E-state index >= 15 is 0 Å². The summed E-state index contributed by atoms with van der Waals surface area (Å²) in [7, 11) is 3.19. The highest BCUT2D eigenvalue weighted by molar-refractivity contribution is 6.01. The van der Waals surface area contributed by atoms with Crippen LogP contribution >= 0.6 is 0 Å². The van der Waals surface area contributed by atoms with Crippen molar-refractivity contribution in [3.05, 3.63) is 29.8 Å². The smallest absolute Gasteiger partial charge is 0.273 e. The molecule has 106 valence electrons. The summed E-state index contributed by atoms with van der Waals surface area (Å²) in [5, 5.41) is 13.3. The lowest BCUT2D eigenvalue weighted by molar-refractivity contribution is -0.116. The Hall–Kier alpha value is -2.64. The van der Waals surface area contributed by atoms with Gasteiger partial charge in [0.05, 0.1) is 11.4 Å². The van der Waals surface area contributed by atoms with Gasteiger partial charge in [0.25, 0.3) is 5.91 Å². The van der Waals surface area contributed by atoms with E-state index in [-0.39, 0.29) is 24.1 Å². The molecule has 2 amide bonds. The van der Waals surface area contributed by atoms with Crippen LogP contribution in [0.25, 0.3) is 0 Å². The fourth-order valence-corrected chi connectivity index (χ4v) is 1.75. The van der Waals surface area contributed by atoms with E-state index in [0.717, 1.165) is 5.69 Å². The molecule has 0 saturated carbocycles. The van der Waals surface area contributed by atoms with Gasteiger partial charge in [0.1, 0.15) is 6.54 Å². The molecule has 2 aromatic heterocycles. The van der Waals surface area contributed by atoms with E-state index in [1.165, 1.54) is 16.4 Å². The molecule has 0 aromatic carbocycles. The molecule has 0 saturated heterocycles. The number of hydrogen-bond acceptors (Lipinski definition) is 4. The number of nitrogens with zero attached hydrogens (tertiary/aromatic N) is 4. The van der Waals surface area contributed by atoms with E-state index in [1.807, 2.05) is 13.0 Å². The molecule has 2 rings (SSSR count). The number of amides is 2. The molecule has 2 N–H and O–H groups in total. The Morgan fingerprint density at radius 1 is 1.35 bits per heavy atom. The molecule has 0 fully saturated rings. The van der Waals surface area contributed by atoms with Crippen LogP contribution in [0.2, 0.25) is 0 Å². The predicted octanol–water partition coefficient (Wildman–Crippen LogP) is -0.0767. The second kappa shape index (κ2) is 5.55. The fourth-order valence-electron chi connectivity index (χ4n) is 1.75. The molecule has 0 aliphatic rings. The topological polar surface area (TPSA) is 93.8 Å². The molecule has 8 heteroatoms. The number of hydrogen-bond donors (Lipinski definition) is 2. The minimum absolute atomic E-state index is 0.0793. The van der Waals surface area contributed by atoms with Gasteiger partial charge < -0.3 is 10.6 Å². The Kier molecular flexibility index (Phi) is 3.83. The monoisotopic (exact) mass is 276 g/mol. The summed E-state index contributed by atoms with van der Waals surface area (Å²) in [6, 6.07) is 1.81. The lowest BCUT2D eigenvalue weighted by atomic mass is 10.3. The Bertz CT molecular complexity index is 642. The molecule has 0 radical (unpaired) electrons. The molecule has 0 unspecified atom stereocenters.